The summed E-state index contributed by atoms with van der Waals surface area (Å²) >= 11 is 3.32. The Balaban J connectivity index is 1.70. The third kappa shape index (κ3) is 4.55. The number of anilines is 1. The lowest BCUT2D eigenvalue weighted by Crippen LogP contribution is -2.30. The Morgan fingerprint density at radius 2 is 1.87 bits per heavy atom. The second kappa shape index (κ2) is 8.98. The third-order valence-corrected chi connectivity index (χ3v) is 6.66. The first-order valence-electron chi connectivity index (χ1n) is 9.86. The van der Waals surface area contributed by atoms with Crippen molar-refractivity contribution in [2.75, 3.05) is 4.90 Å². The molecule has 1 amide bonds. The van der Waals surface area contributed by atoms with E-state index in [4.69, 9.17) is 4.98 Å². The van der Waals surface area contributed by atoms with E-state index in [1.807, 2.05) is 67.6 Å². The SMILES string of the molecule is Cc1cccc2sc(N(Cc3ccccn3)C(=O)c3ccc(SC(C)C)cc3)nc12. The van der Waals surface area contributed by atoms with Crippen molar-refractivity contribution in [1.82, 2.24) is 9.97 Å². The van der Waals surface area contributed by atoms with Crippen molar-refractivity contribution in [2.45, 2.75) is 37.5 Å². The Hall–Kier alpha value is -2.70. The van der Waals surface area contributed by atoms with Crippen LogP contribution in [0, 0.1) is 6.92 Å². The number of thioether (sulfide) groups is 1. The monoisotopic (exact) mass is 433 g/mol. The van der Waals surface area contributed by atoms with Gasteiger partial charge in [-0.15, -0.1) is 11.8 Å². The lowest BCUT2D eigenvalue weighted by Gasteiger charge is -2.20. The van der Waals surface area contributed by atoms with Gasteiger partial charge in [0, 0.05) is 21.9 Å². The number of aromatic nitrogens is 2. The number of fused-ring (bicyclic) bond motifs is 1. The fraction of sp³-hybridized carbons (Fsp3) is 0.208. The van der Waals surface area contributed by atoms with Crippen LogP contribution in [0.2, 0.25) is 0 Å². The van der Waals surface area contributed by atoms with Gasteiger partial charge < -0.3 is 0 Å². The van der Waals surface area contributed by atoms with Crippen molar-refractivity contribution in [2.24, 2.45) is 0 Å². The first-order chi connectivity index (χ1) is 14.5. The summed E-state index contributed by atoms with van der Waals surface area (Å²) in [5.41, 5.74) is 3.53. The summed E-state index contributed by atoms with van der Waals surface area (Å²) < 4.78 is 1.08. The molecule has 0 radical (unpaired) electrons. The molecular formula is C24H23N3OS2. The van der Waals surface area contributed by atoms with E-state index < -0.39 is 0 Å². The number of hydrogen-bond acceptors (Lipinski definition) is 5. The molecule has 152 valence electrons. The Kier molecular flexibility index (Phi) is 6.16. The first-order valence-corrected chi connectivity index (χ1v) is 11.6. The van der Waals surface area contributed by atoms with Crippen LogP contribution in [-0.2, 0) is 6.54 Å². The summed E-state index contributed by atoms with van der Waals surface area (Å²) in [5.74, 6) is -0.0709. The molecule has 0 atom stereocenters. The maximum atomic E-state index is 13.5. The van der Waals surface area contributed by atoms with Gasteiger partial charge in [-0.25, -0.2) is 4.98 Å². The van der Waals surface area contributed by atoms with Gasteiger partial charge in [0.1, 0.15) is 0 Å². The molecule has 0 fully saturated rings. The zero-order valence-electron chi connectivity index (χ0n) is 17.2. The predicted molar refractivity (Wildman–Crippen MR) is 127 cm³/mol. The average Bonchev–Trinajstić information content (AvgIpc) is 3.18. The minimum atomic E-state index is -0.0709. The summed E-state index contributed by atoms with van der Waals surface area (Å²) in [6, 6.07) is 19.7. The van der Waals surface area contributed by atoms with Crippen molar-refractivity contribution in [3.63, 3.8) is 0 Å². The predicted octanol–water partition coefficient (Wildman–Crippen LogP) is 6.35. The molecular weight excluding hydrogens is 410 g/mol. The van der Waals surface area contributed by atoms with E-state index in [0.29, 0.717) is 22.5 Å². The van der Waals surface area contributed by atoms with E-state index >= 15 is 0 Å². The maximum absolute atomic E-state index is 13.5. The lowest BCUT2D eigenvalue weighted by molar-refractivity contribution is 0.0984. The van der Waals surface area contributed by atoms with Crippen LogP contribution in [0.3, 0.4) is 0 Å². The Morgan fingerprint density at radius 3 is 2.53 bits per heavy atom. The van der Waals surface area contributed by atoms with Gasteiger partial charge in [-0.1, -0.05) is 43.4 Å². The Labute approximate surface area is 185 Å². The van der Waals surface area contributed by atoms with E-state index in [1.165, 1.54) is 11.3 Å². The number of aryl methyl sites for hydroxylation is 1. The highest BCUT2D eigenvalue weighted by Crippen LogP contribution is 2.32. The van der Waals surface area contributed by atoms with Gasteiger partial charge in [0.2, 0.25) is 0 Å². The van der Waals surface area contributed by atoms with E-state index in [-0.39, 0.29) is 5.91 Å². The largest absolute Gasteiger partial charge is 0.278 e. The third-order valence-electron chi connectivity index (χ3n) is 4.60. The summed E-state index contributed by atoms with van der Waals surface area (Å²) in [7, 11) is 0. The number of carbonyl (C=O) groups excluding carboxylic acids is 1. The van der Waals surface area contributed by atoms with Gasteiger partial charge in [-0.05, 0) is 55.0 Å². The molecule has 4 nitrogen and oxygen atoms in total. The van der Waals surface area contributed by atoms with E-state index in [0.717, 1.165) is 26.4 Å². The van der Waals surface area contributed by atoms with Gasteiger partial charge in [0.05, 0.1) is 22.5 Å². The molecule has 0 saturated heterocycles. The molecule has 0 bridgehead atoms. The highest BCUT2D eigenvalue weighted by molar-refractivity contribution is 7.99. The molecule has 30 heavy (non-hydrogen) atoms. The number of rotatable bonds is 6. The van der Waals surface area contributed by atoms with Crippen LogP contribution in [0.1, 0.15) is 35.5 Å². The lowest BCUT2D eigenvalue weighted by atomic mass is 10.2. The Morgan fingerprint density at radius 1 is 1.07 bits per heavy atom. The van der Waals surface area contributed by atoms with Crippen molar-refractivity contribution in [1.29, 1.82) is 0 Å². The normalized spacial score (nSPS) is 11.2. The minimum Gasteiger partial charge on any atom is -0.278 e. The molecule has 0 aliphatic rings. The zero-order chi connectivity index (χ0) is 21.1. The molecule has 4 rings (SSSR count). The fourth-order valence-corrected chi connectivity index (χ4v) is 5.05. The van der Waals surface area contributed by atoms with Crippen molar-refractivity contribution < 1.29 is 4.79 Å². The number of pyridine rings is 1. The molecule has 4 aromatic rings. The van der Waals surface area contributed by atoms with Crippen LogP contribution >= 0.6 is 23.1 Å². The first kappa shape index (κ1) is 20.6. The fourth-order valence-electron chi connectivity index (χ4n) is 3.17. The van der Waals surface area contributed by atoms with Crippen molar-refractivity contribution in [3.05, 3.63) is 83.7 Å². The molecule has 0 N–H and O–H groups in total. The summed E-state index contributed by atoms with van der Waals surface area (Å²) in [4.78, 5) is 25.6. The van der Waals surface area contributed by atoms with E-state index in [9.17, 15) is 4.79 Å². The second-order valence-corrected chi connectivity index (χ2v) is 9.98. The molecule has 2 aromatic heterocycles. The number of thiazole rings is 1. The smallest absolute Gasteiger partial charge is 0.260 e. The number of benzene rings is 2. The summed E-state index contributed by atoms with van der Waals surface area (Å²) in [5, 5.41) is 1.19. The number of nitrogens with zero attached hydrogens (tertiary/aromatic N) is 3. The van der Waals surface area contributed by atoms with Gasteiger partial charge in [0.15, 0.2) is 5.13 Å². The minimum absolute atomic E-state index is 0.0709. The molecule has 2 aromatic carbocycles. The number of para-hydroxylation sites is 1. The van der Waals surface area contributed by atoms with E-state index in [2.05, 4.69) is 18.8 Å². The standard InChI is InChI=1S/C24H23N3OS2/c1-16(2)29-20-12-10-18(11-13-20)23(28)27(15-19-8-4-5-14-25-19)24-26-22-17(3)7-6-9-21(22)30-24/h4-14,16H,15H2,1-3H3. The van der Waals surface area contributed by atoms with Gasteiger partial charge in [-0.3, -0.25) is 14.7 Å². The zero-order valence-corrected chi connectivity index (χ0v) is 18.8. The maximum Gasteiger partial charge on any atom is 0.260 e. The summed E-state index contributed by atoms with van der Waals surface area (Å²) in [6.45, 7) is 6.74. The topological polar surface area (TPSA) is 46.1 Å². The average molecular weight is 434 g/mol. The molecule has 0 saturated carbocycles. The van der Waals surface area contributed by atoms with Gasteiger partial charge in [-0.2, -0.15) is 0 Å². The molecule has 6 heteroatoms. The quantitative estimate of drug-likeness (QED) is 0.333. The van der Waals surface area contributed by atoms with Crippen LogP contribution in [0.4, 0.5) is 5.13 Å². The number of hydrogen-bond donors (Lipinski definition) is 0. The van der Waals surface area contributed by atoms with Crippen LogP contribution < -0.4 is 4.90 Å². The highest BCUT2D eigenvalue weighted by atomic mass is 32.2. The Bertz CT molecular complexity index is 1150. The van der Waals surface area contributed by atoms with Gasteiger partial charge >= 0.3 is 0 Å². The van der Waals surface area contributed by atoms with Crippen molar-refractivity contribution >= 4 is 44.4 Å². The number of carbonyl (C=O) groups is 1. The van der Waals surface area contributed by atoms with Crippen LogP contribution in [0.15, 0.2) is 71.8 Å². The van der Waals surface area contributed by atoms with Crippen molar-refractivity contribution in [3.8, 4) is 0 Å². The van der Waals surface area contributed by atoms with Gasteiger partial charge in [0.25, 0.3) is 5.91 Å². The van der Waals surface area contributed by atoms with Crippen LogP contribution in [0.25, 0.3) is 10.2 Å². The van der Waals surface area contributed by atoms with Crippen LogP contribution in [0.5, 0.6) is 0 Å². The number of amides is 1. The molecule has 0 unspecified atom stereocenters. The highest BCUT2D eigenvalue weighted by Gasteiger charge is 2.22. The van der Waals surface area contributed by atoms with E-state index in [1.54, 1.807) is 22.9 Å². The molecule has 2 heterocycles. The molecule has 0 aliphatic heterocycles. The second-order valence-electron chi connectivity index (χ2n) is 7.32. The molecule has 0 spiro atoms. The summed E-state index contributed by atoms with van der Waals surface area (Å²) in [6.07, 6.45) is 1.75. The molecule has 0 aliphatic carbocycles. The van der Waals surface area contributed by atoms with Crippen LogP contribution in [-0.4, -0.2) is 21.1 Å².